The van der Waals surface area contributed by atoms with Crippen molar-refractivity contribution in [1.29, 1.82) is 0 Å². The first-order chi connectivity index (χ1) is 14.4. The van der Waals surface area contributed by atoms with Crippen molar-refractivity contribution in [2.45, 2.75) is 19.4 Å². The minimum absolute atomic E-state index is 0.0441. The second kappa shape index (κ2) is 9.53. The van der Waals surface area contributed by atoms with Crippen molar-refractivity contribution in [1.82, 2.24) is 5.32 Å². The van der Waals surface area contributed by atoms with Gasteiger partial charge in [-0.05, 0) is 48.9 Å². The van der Waals surface area contributed by atoms with Crippen LogP contribution in [0.15, 0.2) is 53.5 Å². The Bertz CT molecular complexity index is 977. The van der Waals surface area contributed by atoms with Crippen LogP contribution in [0, 0.1) is 5.82 Å². The number of hydrogen-bond donors (Lipinski definition) is 1. The second-order valence-corrected chi connectivity index (χ2v) is 7.46. The van der Waals surface area contributed by atoms with Gasteiger partial charge in [-0.25, -0.2) is 4.39 Å². The number of aliphatic imine (C=N–C) groups is 1. The molecule has 1 N–H and O–H groups in total. The molecule has 0 aromatic heterocycles. The Balaban J connectivity index is 1.67. The lowest BCUT2D eigenvalue weighted by atomic mass is 10.1. The molecule has 0 aliphatic carbocycles. The summed E-state index contributed by atoms with van der Waals surface area (Å²) in [7, 11) is 1.54. The molecule has 2 aromatic carbocycles. The predicted octanol–water partition coefficient (Wildman–Crippen LogP) is 3.06. The van der Waals surface area contributed by atoms with Crippen molar-refractivity contribution in [2.75, 3.05) is 17.8 Å². The first-order valence-corrected chi connectivity index (χ1v) is 10.1. The van der Waals surface area contributed by atoms with E-state index in [9.17, 15) is 18.8 Å². The van der Waals surface area contributed by atoms with Gasteiger partial charge in [0.25, 0.3) is 5.91 Å². The van der Waals surface area contributed by atoms with Gasteiger partial charge in [0, 0.05) is 0 Å². The van der Waals surface area contributed by atoms with Crippen LogP contribution in [-0.2, 0) is 14.4 Å². The van der Waals surface area contributed by atoms with Crippen molar-refractivity contribution < 1.29 is 23.5 Å². The van der Waals surface area contributed by atoms with Gasteiger partial charge in [0.05, 0.1) is 24.6 Å². The average Bonchev–Trinajstić information content (AvgIpc) is 2.72. The van der Waals surface area contributed by atoms with Gasteiger partial charge in [-0.15, -0.1) is 0 Å². The van der Waals surface area contributed by atoms with E-state index >= 15 is 0 Å². The molecule has 156 valence electrons. The van der Waals surface area contributed by atoms with Crippen LogP contribution >= 0.6 is 11.8 Å². The van der Waals surface area contributed by atoms with E-state index in [4.69, 9.17) is 4.74 Å². The fraction of sp³-hybridized carbons (Fsp3) is 0.238. The molecule has 3 rings (SSSR count). The number of amides is 3. The van der Waals surface area contributed by atoms with Crippen LogP contribution in [-0.4, -0.2) is 35.8 Å². The molecular weight excluding hydrogens is 409 g/mol. The molecule has 1 atom stereocenters. The summed E-state index contributed by atoms with van der Waals surface area (Å²) in [6.07, 6.45) is -0.329. The third-order valence-corrected chi connectivity index (χ3v) is 5.31. The van der Waals surface area contributed by atoms with Gasteiger partial charge in [0.1, 0.15) is 18.0 Å². The summed E-state index contributed by atoms with van der Waals surface area (Å²) in [5.74, 6) is -1.04. The van der Waals surface area contributed by atoms with E-state index in [1.54, 1.807) is 43.3 Å². The monoisotopic (exact) mass is 429 g/mol. The number of nitrogens with zero attached hydrogens (tertiary/aromatic N) is 2. The van der Waals surface area contributed by atoms with Crippen molar-refractivity contribution in [3.63, 3.8) is 0 Å². The maximum atomic E-state index is 13.1. The number of methoxy groups -OCH3 is 1. The number of ether oxygens (including phenoxy) is 1. The highest BCUT2D eigenvalue weighted by molar-refractivity contribution is 8.14. The molecule has 3 amide bonds. The molecule has 0 saturated carbocycles. The number of carbonyl (C=O) groups is 3. The number of nitrogens with one attached hydrogen (secondary N) is 1. The number of hydrogen-bond acceptors (Lipinski definition) is 5. The Labute approximate surface area is 177 Å². The van der Waals surface area contributed by atoms with Crippen molar-refractivity contribution in [3.05, 3.63) is 59.9 Å². The number of carbonyl (C=O) groups excluding carboxylic acids is 3. The molecule has 2 aromatic rings. The zero-order valence-electron chi connectivity index (χ0n) is 16.4. The van der Waals surface area contributed by atoms with Crippen molar-refractivity contribution in [2.24, 2.45) is 4.99 Å². The van der Waals surface area contributed by atoms with E-state index < -0.39 is 11.8 Å². The largest absolute Gasteiger partial charge is 0.497 e. The Morgan fingerprint density at radius 2 is 1.87 bits per heavy atom. The maximum absolute atomic E-state index is 13.1. The summed E-state index contributed by atoms with van der Waals surface area (Å²) in [5.41, 5.74) is 1.29. The van der Waals surface area contributed by atoms with Crippen LogP contribution in [0.1, 0.15) is 24.9 Å². The first-order valence-electron chi connectivity index (χ1n) is 9.13. The van der Waals surface area contributed by atoms with Gasteiger partial charge >= 0.3 is 0 Å². The Hall–Kier alpha value is -3.20. The molecule has 0 radical (unpaired) electrons. The number of thioether (sulfide) groups is 1. The minimum Gasteiger partial charge on any atom is -0.497 e. The topological polar surface area (TPSA) is 88.1 Å². The van der Waals surface area contributed by atoms with Crippen molar-refractivity contribution in [3.8, 4) is 5.75 Å². The van der Waals surface area contributed by atoms with E-state index in [-0.39, 0.29) is 35.1 Å². The molecule has 1 aliphatic heterocycles. The highest BCUT2D eigenvalue weighted by atomic mass is 32.2. The number of rotatable bonds is 6. The third-order valence-electron chi connectivity index (χ3n) is 4.37. The molecule has 30 heavy (non-hydrogen) atoms. The zero-order chi connectivity index (χ0) is 21.7. The molecule has 1 heterocycles. The van der Waals surface area contributed by atoms with Crippen LogP contribution < -0.4 is 15.0 Å². The zero-order valence-corrected chi connectivity index (χ0v) is 17.2. The summed E-state index contributed by atoms with van der Waals surface area (Å²) < 4.78 is 18.2. The second-order valence-electron chi connectivity index (χ2n) is 6.52. The summed E-state index contributed by atoms with van der Waals surface area (Å²) >= 11 is 0.996. The summed E-state index contributed by atoms with van der Waals surface area (Å²) in [5, 5.41) is 2.95. The quantitative estimate of drug-likeness (QED) is 0.713. The molecule has 7 nitrogen and oxygen atoms in total. The molecular formula is C21H20FN3O4S. The van der Waals surface area contributed by atoms with Crippen LogP contribution in [0.3, 0.4) is 0 Å². The average molecular weight is 429 g/mol. The smallest absolute Gasteiger partial charge is 0.257 e. The lowest BCUT2D eigenvalue weighted by molar-refractivity contribution is -0.126. The van der Waals surface area contributed by atoms with Gasteiger partial charge in [-0.1, -0.05) is 23.9 Å². The van der Waals surface area contributed by atoms with E-state index in [0.717, 1.165) is 17.3 Å². The predicted molar refractivity (Wildman–Crippen MR) is 113 cm³/mol. The Morgan fingerprint density at radius 3 is 2.50 bits per heavy atom. The van der Waals surface area contributed by atoms with Crippen LogP contribution in [0.4, 0.5) is 10.1 Å². The van der Waals surface area contributed by atoms with Gasteiger partial charge in [0.15, 0.2) is 5.17 Å². The lowest BCUT2D eigenvalue weighted by Gasteiger charge is -2.26. The number of amidine groups is 1. The number of benzene rings is 2. The fourth-order valence-corrected chi connectivity index (χ4v) is 3.69. The minimum atomic E-state index is -0.549. The summed E-state index contributed by atoms with van der Waals surface area (Å²) in [6.45, 7) is 1.78. The molecule has 0 saturated heterocycles. The fourth-order valence-electron chi connectivity index (χ4n) is 2.84. The third kappa shape index (κ3) is 5.24. The number of halogens is 1. The SMILES string of the molecule is COc1ccc(N2C(=O)CC(=O)N=C2SCC(=O)NC(C)c2ccc(F)cc2)cc1. The van der Waals surface area contributed by atoms with Crippen LogP contribution in [0.2, 0.25) is 0 Å². The highest BCUT2D eigenvalue weighted by Gasteiger charge is 2.30. The van der Waals surface area contributed by atoms with Gasteiger partial charge in [-0.2, -0.15) is 4.99 Å². The van der Waals surface area contributed by atoms with Gasteiger partial charge in [-0.3, -0.25) is 19.3 Å². The van der Waals surface area contributed by atoms with Gasteiger partial charge in [0.2, 0.25) is 11.8 Å². The van der Waals surface area contributed by atoms with Crippen LogP contribution in [0.5, 0.6) is 5.75 Å². The van der Waals surface area contributed by atoms with E-state index in [1.165, 1.54) is 24.1 Å². The number of anilines is 1. The normalized spacial score (nSPS) is 14.9. The van der Waals surface area contributed by atoms with E-state index in [1.807, 2.05) is 0 Å². The van der Waals surface area contributed by atoms with E-state index in [2.05, 4.69) is 10.3 Å². The van der Waals surface area contributed by atoms with E-state index in [0.29, 0.717) is 11.4 Å². The molecule has 0 bridgehead atoms. The molecule has 1 unspecified atom stereocenters. The summed E-state index contributed by atoms with van der Waals surface area (Å²) in [6, 6.07) is 12.3. The highest BCUT2D eigenvalue weighted by Crippen LogP contribution is 2.26. The molecule has 9 heteroatoms. The Kier molecular flexibility index (Phi) is 6.83. The van der Waals surface area contributed by atoms with Crippen molar-refractivity contribution >= 4 is 40.3 Å². The molecule has 0 fully saturated rings. The maximum Gasteiger partial charge on any atom is 0.257 e. The standard InChI is InChI=1S/C21H20FN3O4S/c1-13(14-3-5-15(22)6-4-14)23-19(27)12-30-21-24-18(26)11-20(28)25(21)16-7-9-17(29-2)10-8-16/h3-10,13H,11-12H2,1-2H3,(H,23,27). The molecule has 1 aliphatic rings. The Morgan fingerprint density at radius 1 is 1.20 bits per heavy atom. The lowest BCUT2D eigenvalue weighted by Crippen LogP contribution is -2.41. The van der Waals surface area contributed by atoms with Crippen LogP contribution in [0.25, 0.3) is 0 Å². The first kappa shape index (κ1) is 21.5. The summed E-state index contributed by atoms with van der Waals surface area (Å²) in [4.78, 5) is 41.9. The van der Waals surface area contributed by atoms with Gasteiger partial charge < -0.3 is 10.1 Å². The molecule has 0 spiro atoms.